The minimum atomic E-state index is -2.81. The van der Waals surface area contributed by atoms with Crippen LogP contribution in [0.15, 0.2) is 42.6 Å². The highest BCUT2D eigenvalue weighted by Crippen LogP contribution is 2.60. The standard InChI is InChI=1S/C19H15F3N6/c1-18(10-19(18,21)22)17-24-15(25-26-17)14-12-6-4-8-23-16(12)28(27-14)9-11-5-2-3-7-13(11)20/h2-8H,9-10H2,1H3,(H,24,25,26)/t18-/m1/s1. The summed E-state index contributed by atoms with van der Waals surface area (Å²) in [5.74, 6) is -2.80. The van der Waals surface area contributed by atoms with E-state index in [0.717, 1.165) is 0 Å². The number of aromatic amines is 1. The fourth-order valence-corrected chi connectivity index (χ4v) is 3.34. The molecule has 1 fully saturated rings. The topological polar surface area (TPSA) is 72.3 Å². The molecule has 6 nitrogen and oxygen atoms in total. The number of alkyl halides is 2. The van der Waals surface area contributed by atoms with Gasteiger partial charge in [0.05, 0.1) is 17.3 Å². The summed E-state index contributed by atoms with van der Waals surface area (Å²) < 4.78 is 42.9. The highest BCUT2D eigenvalue weighted by atomic mass is 19.3. The van der Waals surface area contributed by atoms with Gasteiger partial charge in [0.1, 0.15) is 11.5 Å². The van der Waals surface area contributed by atoms with Crippen molar-refractivity contribution >= 4 is 11.0 Å². The van der Waals surface area contributed by atoms with Gasteiger partial charge in [0.15, 0.2) is 17.3 Å². The molecule has 0 amide bonds. The molecular formula is C19H15F3N6. The Morgan fingerprint density at radius 2 is 1.96 bits per heavy atom. The Balaban J connectivity index is 1.58. The average Bonchev–Trinajstić information content (AvgIpc) is 3.06. The van der Waals surface area contributed by atoms with Gasteiger partial charge in [0, 0.05) is 18.2 Å². The molecule has 0 saturated heterocycles. The van der Waals surface area contributed by atoms with E-state index in [4.69, 9.17) is 0 Å². The Bertz CT molecular complexity index is 1200. The Kier molecular flexibility index (Phi) is 3.40. The van der Waals surface area contributed by atoms with Gasteiger partial charge < -0.3 is 0 Å². The summed E-state index contributed by atoms with van der Waals surface area (Å²) in [6.07, 6.45) is 1.34. The van der Waals surface area contributed by atoms with Gasteiger partial charge in [-0.3, -0.25) is 5.10 Å². The van der Waals surface area contributed by atoms with E-state index in [9.17, 15) is 13.2 Å². The largest absolute Gasteiger partial charge is 0.261 e. The van der Waals surface area contributed by atoms with Crippen LogP contribution in [0.1, 0.15) is 24.7 Å². The summed E-state index contributed by atoms with van der Waals surface area (Å²) in [4.78, 5) is 8.61. The molecule has 142 valence electrons. The van der Waals surface area contributed by atoms with E-state index >= 15 is 0 Å². The summed E-state index contributed by atoms with van der Waals surface area (Å²) in [6.45, 7) is 1.62. The molecule has 1 aromatic carbocycles. The lowest BCUT2D eigenvalue weighted by Gasteiger charge is -2.04. The Labute approximate surface area is 157 Å². The second-order valence-corrected chi connectivity index (χ2v) is 7.19. The zero-order valence-corrected chi connectivity index (χ0v) is 14.8. The molecule has 1 aliphatic rings. The van der Waals surface area contributed by atoms with E-state index in [0.29, 0.717) is 22.3 Å². The predicted molar refractivity (Wildman–Crippen MR) is 95.3 cm³/mol. The number of hydrogen-bond acceptors (Lipinski definition) is 4. The molecule has 3 aromatic heterocycles. The molecule has 28 heavy (non-hydrogen) atoms. The van der Waals surface area contributed by atoms with Crippen LogP contribution in [0.25, 0.3) is 22.6 Å². The second kappa shape index (κ2) is 5.63. The van der Waals surface area contributed by atoms with Crippen LogP contribution in [0.2, 0.25) is 0 Å². The molecule has 1 aliphatic carbocycles. The van der Waals surface area contributed by atoms with Gasteiger partial charge in [-0.25, -0.2) is 27.8 Å². The average molecular weight is 384 g/mol. The Morgan fingerprint density at radius 3 is 2.71 bits per heavy atom. The normalized spacial score (nSPS) is 20.6. The van der Waals surface area contributed by atoms with Gasteiger partial charge in [-0.15, -0.1) is 0 Å². The van der Waals surface area contributed by atoms with Crippen molar-refractivity contribution in [3.8, 4) is 11.5 Å². The minimum Gasteiger partial charge on any atom is -0.258 e. The maximum atomic E-state index is 14.1. The van der Waals surface area contributed by atoms with E-state index in [1.807, 2.05) is 0 Å². The van der Waals surface area contributed by atoms with E-state index in [1.54, 1.807) is 41.2 Å². The number of nitrogens with one attached hydrogen (secondary N) is 1. The summed E-state index contributed by atoms with van der Waals surface area (Å²) >= 11 is 0. The predicted octanol–water partition coefficient (Wildman–Crippen LogP) is 3.70. The maximum Gasteiger partial charge on any atom is 0.261 e. The molecule has 1 saturated carbocycles. The fraction of sp³-hybridized carbons (Fsp3) is 0.263. The summed E-state index contributed by atoms with van der Waals surface area (Å²) in [5.41, 5.74) is 0.0887. The van der Waals surface area contributed by atoms with Crippen molar-refractivity contribution in [3.63, 3.8) is 0 Å². The molecule has 0 unspecified atom stereocenters. The van der Waals surface area contributed by atoms with Crippen molar-refractivity contribution < 1.29 is 13.2 Å². The smallest absolute Gasteiger partial charge is 0.258 e. The van der Waals surface area contributed by atoms with Gasteiger partial charge in [-0.2, -0.15) is 10.2 Å². The van der Waals surface area contributed by atoms with Gasteiger partial charge in [-0.05, 0) is 25.1 Å². The van der Waals surface area contributed by atoms with Gasteiger partial charge in [-0.1, -0.05) is 18.2 Å². The lowest BCUT2D eigenvalue weighted by Crippen LogP contribution is -2.13. The van der Waals surface area contributed by atoms with Crippen LogP contribution in [0.4, 0.5) is 13.2 Å². The quantitative estimate of drug-likeness (QED) is 0.582. The highest BCUT2D eigenvalue weighted by molar-refractivity contribution is 5.89. The van der Waals surface area contributed by atoms with Gasteiger partial charge in [0.2, 0.25) is 0 Å². The van der Waals surface area contributed by atoms with E-state index in [2.05, 4.69) is 25.3 Å². The van der Waals surface area contributed by atoms with Crippen LogP contribution < -0.4 is 0 Å². The monoisotopic (exact) mass is 384 g/mol. The molecule has 3 heterocycles. The van der Waals surface area contributed by atoms with Crippen molar-refractivity contribution in [1.29, 1.82) is 0 Å². The van der Waals surface area contributed by atoms with Crippen molar-refractivity contribution in [2.45, 2.75) is 31.2 Å². The molecule has 1 atom stereocenters. The number of nitrogens with zero attached hydrogens (tertiary/aromatic N) is 5. The van der Waals surface area contributed by atoms with Crippen molar-refractivity contribution in [2.24, 2.45) is 0 Å². The maximum absolute atomic E-state index is 14.1. The lowest BCUT2D eigenvalue weighted by molar-refractivity contribution is 0.0901. The molecule has 0 bridgehead atoms. The summed E-state index contributed by atoms with van der Waals surface area (Å²) in [6, 6.07) is 9.97. The van der Waals surface area contributed by atoms with Crippen LogP contribution in [0, 0.1) is 5.82 Å². The fourth-order valence-electron chi connectivity index (χ4n) is 3.34. The van der Waals surface area contributed by atoms with Gasteiger partial charge in [0.25, 0.3) is 5.92 Å². The number of aromatic nitrogens is 6. The molecule has 1 N–H and O–H groups in total. The zero-order valence-electron chi connectivity index (χ0n) is 14.8. The number of hydrogen-bond donors (Lipinski definition) is 1. The SMILES string of the molecule is C[C@]1(c2n[nH]c(-c3nn(Cc4ccccc4F)c4ncccc34)n2)CC1(F)F. The molecule has 5 rings (SSSR count). The first-order valence-corrected chi connectivity index (χ1v) is 8.75. The first-order valence-electron chi connectivity index (χ1n) is 8.75. The lowest BCUT2D eigenvalue weighted by atomic mass is 10.1. The molecular weight excluding hydrogens is 369 g/mol. The summed E-state index contributed by atoms with van der Waals surface area (Å²) in [5, 5.41) is 11.9. The zero-order chi connectivity index (χ0) is 19.5. The third-order valence-corrected chi connectivity index (χ3v) is 5.25. The van der Waals surface area contributed by atoms with E-state index in [1.165, 1.54) is 13.0 Å². The van der Waals surface area contributed by atoms with Crippen LogP contribution in [0.3, 0.4) is 0 Å². The van der Waals surface area contributed by atoms with Crippen LogP contribution in [0.5, 0.6) is 0 Å². The van der Waals surface area contributed by atoms with E-state index in [-0.39, 0.29) is 30.4 Å². The minimum absolute atomic E-state index is 0.0631. The van der Waals surface area contributed by atoms with Crippen LogP contribution in [-0.2, 0) is 12.0 Å². The molecule has 0 aliphatic heterocycles. The first-order chi connectivity index (χ1) is 13.4. The molecule has 0 spiro atoms. The molecule has 0 radical (unpaired) electrons. The Morgan fingerprint density at radius 1 is 1.18 bits per heavy atom. The second-order valence-electron chi connectivity index (χ2n) is 7.19. The third kappa shape index (κ3) is 2.42. The third-order valence-electron chi connectivity index (χ3n) is 5.25. The van der Waals surface area contributed by atoms with Crippen LogP contribution >= 0.6 is 0 Å². The number of fused-ring (bicyclic) bond motifs is 1. The van der Waals surface area contributed by atoms with E-state index < -0.39 is 11.3 Å². The van der Waals surface area contributed by atoms with Gasteiger partial charge >= 0.3 is 0 Å². The molecule has 9 heteroatoms. The number of halogens is 3. The number of benzene rings is 1. The van der Waals surface area contributed by atoms with Crippen molar-refractivity contribution in [1.82, 2.24) is 29.9 Å². The number of rotatable bonds is 4. The highest BCUT2D eigenvalue weighted by Gasteiger charge is 2.71. The first kappa shape index (κ1) is 16.9. The molecule has 4 aromatic rings. The van der Waals surface area contributed by atoms with Crippen LogP contribution in [-0.4, -0.2) is 35.9 Å². The Hall–Kier alpha value is -3.23. The number of pyridine rings is 1. The van der Waals surface area contributed by atoms with Crippen molar-refractivity contribution in [3.05, 3.63) is 59.8 Å². The van der Waals surface area contributed by atoms with Crippen molar-refractivity contribution in [2.75, 3.05) is 0 Å². The number of H-pyrrole nitrogens is 1. The summed E-state index contributed by atoms with van der Waals surface area (Å²) in [7, 11) is 0.